The number of carbonyl (C=O) groups is 1. The van der Waals surface area contributed by atoms with Gasteiger partial charge in [-0.1, -0.05) is 18.2 Å². The molecule has 1 aromatic heterocycles. The largest absolute Gasteiger partial charge is 0.350 e. The molecule has 0 radical (unpaired) electrons. The van der Waals surface area contributed by atoms with Crippen LogP contribution in [0.1, 0.15) is 33.4 Å². The highest BCUT2D eigenvalue weighted by Crippen LogP contribution is 2.18. The van der Waals surface area contributed by atoms with Crippen LogP contribution in [-0.4, -0.2) is 27.8 Å². The van der Waals surface area contributed by atoms with Crippen molar-refractivity contribution in [3.63, 3.8) is 0 Å². The van der Waals surface area contributed by atoms with Gasteiger partial charge in [0.05, 0.1) is 17.8 Å². The van der Waals surface area contributed by atoms with Crippen molar-refractivity contribution in [2.24, 2.45) is 0 Å². The van der Waals surface area contributed by atoms with Crippen molar-refractivity contribution in [1.29, 1.82) is 0 Å². The SMILES string of the molecule is CCn1nc(CNCC(=O)NC(C)(C)C)c2ccccc21. The Morgan fingerprint density at radius 3 is 2.67 bits per heavy atom. The number of nitrogens with zero attached hydrogens (tertiary/aromatic N) is 2. The molecule has 5 nitrogen and oxygen atoms in total. The molecule has 0 fully saturated rings. The first-order valence-corrected chi connectivity index (χ1v) is 7.37. The van der Waals surface area contributed by atoms with Gasteiger partial charge < -0.3 is 10.6 Å². The summed E-state index contributed by atoms with van der Waals surface area (Å²) < 4.78 is 1.99. The summed E-state index contributed by atoms with van der Waals surface area (Å²) in [7, 11) is 0. The number of amides is 1. The Hall–Kier alpha value is -1.88. The van der Waals surface area contributed by atoms with Gasteiger partial charge in [0.1, 0.15) is 0 Å². The van der Waals surface area contributed by atoms with Crippen LogP contribution in [0.4, 0.5) is 0 Å². The Kier molecular flexibility index (Phi) is 4.63. The fourth-order valence-corrected chi connectivity index (χ4v) is 2.32. The van der Waals surface area contributed by atoms with Gasteiger partial charge in [-0.2, -0.15) is 5.10 Å². The molecule has 0 aliphatic rings. The van der Waals surface area contributed by atoms with Crippen LogP contribution < -0.4 is 10.6 Å². The Bertz CT molecular complexity index is 625. The van der Waals surface area contributed by atoms with Gasteiger partial charge >= 0.3 is 0 Å². The quantitative estimate of drug-likeness (QED) is 0.885. The first-order valence-electron chi connectivity index (χ1n) is 7.37. The maximum atomic E-state index is 11.8. The number of aromatic nitrogens is 2. The van der Waals surface area contributed by atoms with E-state index in [0.717, 1.165) is 23.1 Å². The minimum absolute atomic E-state index is 0.00160. The van der Waals surface area contributed by atoms with E-state index in [1.54, 1.807) is 0 Å². The van der Waals surface area contributed by atoms with Crippen molar-refractivity contribution in [2.45, 2.75) is 46.3 Å². The topological polar surface area (TPSA) is 59.0 Å². The van der Waals surface area contributed by atoms with Gasteiger partial charge in [0, 0.05) is 24.0 Å². The first kappa shape index (κ1) is 15.5. The van der Waals surface area contributed by atoms with Crippen LogP contribution in [-0.2, 0) is 17.9 Å². The molecular formula is C16H24N4O. The monoisotopic (exact) mass is 288 g/mol. The summed E-state index contributed by atoms with van der Waals surface area (Å²) in [6.07, 6.45) is 0. The standard InChI is InChI=1S/C16H24N4O/c1-5-20-14-9-7-6-8-12(14)13(19-20)10-17-11-15(21)18-16(2,3)4/h6-9,17H,5,10-11H2,1-4H3,(H,18,21). The van der Waals surface area contributed by atoms with E-state index >= 15 is 0 Å². The van der Waals surface area contributed by atoms with E-state index in [1.165, 1.54) is 0 Å². The van der Waals surface area contributed by atoms with E-state index in [1.807, 2.05) is 37.6 Å². The molecule has 2 rings (SSSR count). The maximum Gasteiger partial charge on any atom is 0.234 e. The summed E-state index contributed by atoms with van der Waals surface area (Å²) in [5.41, 5.74) is 1.92. The lowest BCUT2D eigenvalue weighted by molar-refractivity contribution is -0.121. The van der Waals surface area contributed by atoms with Crippen molar-refractivity contribution in [3.8, 4) is 0 Å². The van der Waals surface area contributed by atoms with Crippen LogP contribution in [0.15, 0.2) is 24.3 Å². The Labute approximate surface area is 125 Å². The molecule has 0 spiro atoms. The van der Waals surface area contributed by atoms with Crippen LogP contribution >= 0.6 is 0 Å². The number of fused-ring (bicyclic) bond motifs is 1. The summed E-state index contributed by atoms with van der Waals surface area (Å²) in [4.78, 5) is 11.8. The van der Waals surface area contributed by atoms with Crippen LogP contribution in [0.25, 0.3) is 10.9 Å². The molecule has 1 heterocycles. The van der Waals surface area contributed by atoms with Gasteiger partial charge in [-0.05, 0) is 33.8 Å². The summed E-state index contributed by atoms with van der Waals surface area (Å²) in [5, 5.41) is 11.8. The highest BCUT2D eigenvalue weighted by molar-refractivity contribution is 5.82. The van der Waals surface area contributed by atoms with Gasteiger partial charge in [-0.3, -0.25) is 9.48 Å². The fourth-order valence-electron chi connectivity index (χ4n) is 2.32. The molecular weight excluding hydrogens is 264 g/mol. The highest BCUT2D eigenvalue weighted by Gasteiger charge is 2.14. The number of hydrogen-bond acceptors (Lipinski definition) is 3. The molecule has 2 aromatic rings. The smallest absolute Gasteiger partial charge is 0.234 e. The van der Waals surface area contributed by atoms with Gasteiger partial charge in [0.25, 0.3) is 0 Å². The van der Waals surface area contributed by atoms with Crippen LogP contribution in [0, 0.1) is 0 Å². The van der Waals surface area contributed by atoms with E-state index < -0.39 is 0 Å². The Balaban J connectivity index is 1.99. The van der Waals surface area contributed by atoms with Crippen molar-refractivity contribution in [3.05, 3.63) is 30.0 Å². The highest BCUT2D eigenvalue weighted by atomic mass is 16.2. The third-order valence-corrected chi connectivity index (χ3v) is 3.13. The van der Waals surface area contributed by atoms with E-state index in [2.05, 4.69) is 34.8 Å². The molecule has 0 aliphatic carbocycles. The average Bonchev–Trinajstić information content (AvgIpc) is 2.75. The summed E-state index contributed by atoms with van der Waals surface area (Å²) >= 11 is 0. The number of aryl methyl sites for hydroxylation is 1. The van der Waals surface area contributed by atoms with Crippen LogP contribution in [0.5, 0.6) is 0 Å². The Morgan fingerprint density at radius 2 is 2.00 bits per heavy atom. The van der Waals surface area contributed by atoms with Gasteiger partial charge in [0.15, 0.2) is 0 Å². The molecule has 0 saturated heterocycles. The second-order valence-electron chi connectivity index (χ2n) is 6.18. The molecule has 0 unspecified atom stereocenters. The molecule has 114 valence electrons. The molecule has 0 bridgehead atoms. The Morgan fingerprint density at radius 1 is 1.29 bits per heavy atom. The number of para-hydroxylation sites is 1. The number of nitrogens with one attached hydrogen (secondary N) is 2. The normalized spacial score (nSPS) is 11.8. The summed E-state index contributed by atoms with van der Waals surface area (Å²) in [5.74, 6) is 0.00160. The van der Waals surface area contributed by atoms with E-state index in [9.17, 15) is 4.79 Å². The molecule has 2 N–H and O–H groups in total. The number of hydrogen-bond donors (Lipinski definition) is 2. The second kappa shape index (κ2) is 6.26. The molecule has 0 atom stereocenters. The third kappa shape index (κ3) is 4.04. The van der Waals surface area contributed by atoms with Crippen LogP contribution in [0.2, 0.25) is 0 Å². The fraction of sp³-hybridized carbons (Fsp3) is 0.500. The molecule has 21 heavy (non-hydrogen) atoms. The zero-order valence-corrected chi connectivity index (χ0v) is 13.2. The summed E-state index contributed by atoms with van der Waals surface area (Å²) in [6, 6.07) is 8.17. The zero-order chi connectivity index (χ0) is 15.5. The van der Waals surface area contributed by atoms with E-state index in [0.29, 0.717) is 13.1 Å². The lowest BCUT2D eigenvalue weighted by atomic mass is 10.1. The predicted octanol–water partition coefficient (Wildman–Crippen LogP) is 2.06. The van der Waals surface area contributed by atoms with Crippen LogP contribution in [0.3, 0.4) is 0 Å². The molecule has 0 saturated carbocycles. The van der Waals surface area contributed by atoms with Gasteiger partial charge in [0.2, 0.25) is 5.91 Å². The zero-order valence-electron chi connectivity index (χ0n) is 13.2. The van der Waals surface area contributed by atoms with Crippen molar-refractivity contribution in [2.75, 3.05) is 6.54 Å². The number of benzene rings is 1. The van der Waals surface area contributed by atoms with Gasteiger partial charge in [-0.15, -0.1) is 0 Å². The number of rotatable bonds is 5. The first-order chi connectivity index (χ1) is 9.90. The lowest BCUT2D eigenvalue weighted by Gasteiger charge is -2.20. The van der Waals surface area contributed by atoms with E-state index in [-0.39, 0.29) is 11.4 Å². The molecule has 1 amide bonds. The summed E-state index contributed by atoms with van der Waals surface area (Å²) in [6.45, 7) is 9.72. The molecule has 0 aliphatic heterocycles. The average molecular weight is 288 g/mol. The predicted molar refractivity (Wildman–Crippen MR) is 85.0 cm³/mol. The molecule has 5 heteroatoms. The van der Waals surface area contributed by atoms with Crippen molar-refractivity contribution < 1.29 is 4.79 Å². The van der Waals surface area contributed by atoms with E-state index in [4.69, 9.17) is 0 Å². The third-order valence-electron chi connectivity index (χ3n) is 3.13. The molecule has 1 aromatic carbocycles. The lowest BCUT2D eigenvalue weighted by Crippen LogP contribution is -2.44. The minimum Gasteiger partial charge on any atom is -0.350 e. The van der Waals surface area contributed by atoms with Crippen molar-refractivity contribution >= 4 is 16.8 Å². The second-order valence-corrected chi connectivity index (χ2v) is 6.18. The van der Waals surface area contributed by atoms with Crippen molar-refractivity contribution in [1.82, 2.24) is 20.4 Å². The maximum absolute atomic E-state index is 11.8. The number of carbonyl (C=O) groups excluding carboxylic acids is 1. The van der Waals surface area contributed by atoms with Gasteiger partial charge in [-0.25, -0.2) is 0 Å². The minimum atomic E-state index is -0.199.